The lowest BCUT2D eigenvalue weighted by molar-refractivity contribution is 0.0958. The highest BCUT2D eigenvalue weighted by Gasteiger charge is 2.11. The van der Waals surface area contributed by atoms with Crippen LogP contribution < -0.4 is 5.32 Å². The van der Waals surface area contributed by atoms with Gasteiger partial charge in [0.05, 0.1) is 8.66 Å². The number of nitrogens with one attached hydrogen (secondary N) is 1. The standard InChI is InChI=1S/C11H13BrN4OS/c1-7-5-8(18-10(7)12)11(17)13-4-3-9-15-14-6-16(9)2/h5-6H,3-4H2,1-2H3,(H,13,17). The van der Waals surface area contributed by atoms with Gasteiger partial charge in [-0.2, -0.15) is 0 Å². The van der Waals surface area contributed by atoms with Gasteiger partial charge in [-0.15, -0.1) is 21.5 Å². The average Bonchev–Trinajstić information content (AvgIpc) is 2.87. The largest absolute Gasteiger partial charge is 0.351 e. The Labute approximate surface area is 117 Å². The van der Waals surface area contributed by atoms with Gasteiger partial charge in [-0.1, -0.05) is 0 Å². The smallest absolute Gasteiger partial charge is 0.261 e. The van der Waals surface area contributed by atoms with Crippen LogP contribution in [0.1, 0.15) is 21.1 Å². The maximum absolute atomic E-state index is 11.9. The average molecular weight is 329 g/mol. The first-order valence-corrected chi connectivity index (χ1v) is 7.06. The molecule has 7 heteroatoms. The Bertz CT molecular complexity index is 544. The molecule has 2 aromatic rings. The summed E-state index contributed by atoms with van der Waals surface area (Å²) in [5.41, 5.74) is 1.08. The van der Waals surface area contributed by atoms with E-state index in [1.807, 2.05) is 24.6 Å². The van der Waals surface area contributed by atoms with Crippen LogP contribution in [-0.2, 0) is 13.5 Å². The lowest BCUT2D eigenvalue weighted by Gasteiger charge is -2.02. The van der Waals surface area contributed by atoms with Crippen LogP contribution in [0.15, 0.2) is 16.2 Å². The summed E-state index contributed by atoms with van der Waals surface area (Å²) in [4.78, 5) is 12.6. The molecule has 96 valence electrons. The van der Waals surface area contributed by atoms with E-state index in [9.17, 15) is 4.79 Å². The van der Waals surface area contributed by atoms with E-state index < -0.39 is 0 Å². The van der Waals surface area contributed by atoms with Crippen molar-refractivity contribution in [3.8, 4) is 0 Å². The molecule has 1 N–H and O–H groups in total. The molecule has 0 aliphatic rings. The van der Waals surface area contributed by atoms with Crippen LogP contribution in [0.5, 0.6) is 0 Å². The number of rotatable bonds is 4. The number of nitrogens with zero attached hydrogens (tertiary/aromatic N) is 3. The van der Waals surface area contributed by atoms with Crippen LogP contribution in [0.3, 0.4) is 0 Å². The lowest BCUT2D eigenvalue weighted by Crippen LogP contribution is -2.25. The summed E-state index contributed by atoms with van der Waals surface area (Å²) in [6.45, 7) is 2.52. The van der Waals surface area contributed by atoms with Gasteiger partial charge in [-0.05, 0) is 34.5 Å². The Kier molecular flexibility index (Phi) is 4.13. The molecular weight excluding hydrogens is 316 g/mol. The van der Waals surface area contributed by atoms with Crippen LogP contribution in [0.2, 0.25) is 0 Å². The van der Waals surface area contributed by atoms with Gasteiger partial charge >= 0.3 is 0 Å². The first-order valence-electron chi connectivity index (χ1n) is 5.45. The zero-order chi connectivity index (χ0) is 13.1. The third-order valence-electron chi connectivity index (χ3n) is 2.52. The predicted octanol–water partition coefficient (Wildman–Crippen LogP) is 1.92. The molecule has 0 radical (unpaired) electrons. The molecule has 2 heterocycles. The number of aryl methyl sites for hydroxylation is 2. The zero-order valence-electron chi connectivity index (χ0n) is 10.1. The first-order chi connectivity index (χ1) is 8.58. The quantitative estimate of drug-likeness (QED) is 0.932. The van der Waals surface area contributed by atoms with Crippen molar-refractivity contribution in [1.82, 2.24) is 20.1 Å². The van der Waals surface area contributed by atoms with Crippen LogP contribution in [0.25, 0.3) is 0 Å². The molecule has 2 rings (SSSR count). The molecule has 0 spiro atoms. The Morgan fingerprint density at radius 3 is 2.94 bits per heavy atom. The van der Waals surface area contributed by atoms with Crippen molar-refractivity contribution in [3.05, 3.63) is 32.4 Å². The Morgan fingerprint density at radius 1 is 1.61 bits per heavy atom. The van der Waals surface area contributed by atoms with Gasteiger partial charge in [-0.3, -0.25) is 4.79 Å². The van der Waals surface area contributed by atoms with Gasteiger partial charge in [0.1, 0.15) is 12.2 Å². The SMILES string of the molecule is Cc1cc(C(=O)NCCc2nncn2C)sc1Br. The second kappa shape index (κ2) is 5.62. The normalized spacial score (nSPS) is 10.6. The highest BCUT2D eigenvalue weighted by atomic mass is 79.9. The molecule has 2 aromatic heterocycles. The van der Waals surface area contributed by atoms with E-state index >= 15 is 0 Å². The fourth-order valence-electron chi connectivity index (χ4n) is 1.48. The van der Waals surface area contributed by atoms with E-state index in [1.165, 1.54) is 11.3 Å². The summed E-state index contributed by atoms with van der Waals surface area (Å²) in [6, 6.07) is 1.88. The van der Waals surface area contributed by atoms with Gasteiger partial charge < -0.3 is 9.88 Å². The lowest BCUT2D eigenvalue weighted by atomic mass is 10.3. The molecule has 0 fully saturated rings. The number of carbonyl (C=O) groups excluding carboxylic acids is 1. The van der Waals surface area contributed by atoms with Crippen molar-refractivity contribution in [1.29, 1.82) is 0 Å². The summed E-state index contributed by atoms with van der Waals surface area (Å²) < 4.78 is 2.85. The molecule has 0 saturated carbocycles. The predicted molar refractivity (Wildman–Crippen MR) is 73.8 cm³/mol. The number of hydrogen-bond donors (Lipinski definition) is 1. The van der Waals surface area contributed by atoms with Gasteiger partial charge in [0, 0.05) is 20.0 Å². The van der Waals surface area contributed by atoms with Crippen molar-refractivity contribution in [2.24, 2.45) is 7.05 Å². The highest BCUT2D eigenvalue weighted by Crippen LogP contribution is 2.27. The summed E-state index contributed by atoms with van der Waals surface area (Å²) >= 11 is 4.86. The Balaban J connectivity index is 1.87. The zero-order valence-corrected chi connectivity index (χ0v) is 12.5. The van der Waals surface area contributed by atoms with Crippen LogP contribution in [0.4, 0.5) is 0 Å². The van der Waals surface area contributed by atoms with E-state index in [4.69, 9.17) is 0 Å². The van der Waals surface area contributed by atoms with Crippen molar-refractivity contribution >= 4 is 33.2 Å². The van der Waals surface area contributed by atoms with Crippen LogP contribution in [-0.4, -0.2) is 27.2 Å². The molecule has 0 aromatic carbocycles. The van der Waals surface area contributed by atoms with Crippen molar-refractivity contribution in [2.45, 2.75) is 13.3 Å². The molecule has 0 unspecified atom stereocenters. The number of thiophene rings is 1. The van der Waals surface area contributed by atoms with Crippen molar-refractivity contribution < 1.29 is 4.79 Å². The van der Waals surface area contributed by atoms with Gasteiger partial charge in [0.2, 0.25) is 0 Å². The molecule has 5 nitrogen and oxygen atoms in total. The summed E-state index contributed by atoms with van der Waals surface area (Å²) in [7, 11) is 1.89. The summed E-state index contributed by atoms with van der Waals surface area (Å²) in [5.74, 6) is 0.815. The summed E-state index contributed by atoms with van der Waals surface area (Å²) in [5, 5.41) is 10.6. The minimum Gasteiger partial charge on any atom is -0.351 e. The molecule has 0 saturated heterocycles. The summed E-state index contributed by atoms with van der Waals surface area (Å²) in [6.07, 6.45) is 2.32. The van der Waals surface area contributed by atoms with Crippen LogP contribution in [0, 0.1) is 6.92 Å². The van der Waals surface area contributed by atoms with E-state index in [1.54, 1.807) is 6.33 Å². The van der Waals surface area contributed by atoms with Crippen LogP contribution >= 0.6 is 27.3 Å². The fourth-order valence-corrected chi connectivity index (χ4v) is 2.93. The maximum atomic E-state index is 11.9. The number of amides is 1. The van der Waals surface area contributed by atoms with Gasteiger partial charge in [-0.25, -0.2) is 0 Å². The van der Waals surface area contributed by atoms with E-state index in [0.717, 1.165) is 20.1 Å². The maximum Gasteiger partial charge on any atom is 0.261 e. The minimum absolute atomic E-state index is 0.0454. The number of halogens is 1. The van der Waals surface area contributed by atoms with E-state index in [0.29, 0.717) is 13.0 Å². The third-order valence-corrected chi connectivity index (χ3v) is 4.66. The molecule has 0 aliphatic heterocycles. The van der Waals surface area contributed by atoms with Gasteiger partial charge in [0.15, 0.2) is 0 Å². The van der Waals surface area contributed by atoms with E-state index in [2.05, 4.69) is 31.4 Å². The molecule has 0 aliphatic carbocycles. The number of carbonyl (C=O) groups is 1. The molecule has 18 heavy (non-hydrogen) atoms. The molecule has 0 bridgehead atoms. The number of aromatic nitrogens is 3. The van der Waals surface area contributed by atoms with Crippen molar-refractivity contribution in [3.63, 3.8) is 0 Å². The monoisotopic (exact) mass is 328 g/mol. The highest BCUT2D eigenvalue weighted by molar-refractivity contribution is 9.11. The number of hydrogen-bond acceptors (Lipinski definition) is 4. The second-order valence-corrected chi connectivity index (χ2v) is 6.30. The Morgan fingerprint density at radius 2 is 2.39 bits per heavy atom. The minimum atomic E-state index is -0.0454. The van der Waals surface area contributed by atoms with Crippen molar-refractivity contribution in [2.75, 3.05) is 6.54 Å². The molecule has 1 amide bonds. The Hall–Kier alpha value is -1.21. The first kappa shape index (κ1) is 13.2. The molecule has 0 atom stereocenters. The van der Waals surface area contributed by atoms with Gasteiger partial charge in [0.25, 0.3) is 5.91 Å². The second-order valence-electron chi connectivity index (χ2n) is 3.93. The third kappa shape index (κ3) is 2.97. The topological polar surface area (TPSA) is 59.8 Å². The molecular formula is C11H13BrN4OS. The van der Waals surface area contributed by atoms with E-state index in [-0.39, 0.29) is 5.91 Å². The fraction of sp³-hybridized carbons (Fsp3) is 0.364.